The summed E-state index contributed by atoms with van der Waals surface area (Å²) in [7, 11) is -3.32. The summed E-state index contributed by atoms with van der Waals surface area (Å²) in [5, 5.41) is 2.75. The van der Waals surface area contributed by atoms with Crippen LogP contribution in [-0.2, 0) is 14.8 Å². The van der Waals surface area contributed by atoms with Crippen molar-refractivity contribution in [2.24, 2.45) is 0 Å². The van der Waals surface area contributed by atoms with Crippen LogP contribution in [0.1, 0.15) is 12.5 Å². The number of carbonyl (C=O) groups is 1. The third-order valence-electron chi connectivity index (χ3n) is 3.52. The molecule has 0 spiro atoms. The highest BCUT2D eigenvalue weighted by Gasteiger charge is 2.15. The molecule has 0 fully saturated rings. The van der Waals surface area contributed by atoms with E-state index in [-0.39, 0.29) is 12.5 Å². The smallest absolute Gasteiger partial charge is 0.262 e. The van der Waals surface area contributed by atoms with Gasteiger partial charge in [0.2, 0.25) is 10.0 Å². The van der Waals surface area contributed by atoms with Crippen LogP contribution in [0.25, 0.3) is 0 Å². The van der Waals surface area contributed by atoms with Gasteiger partial charge in [0.15, 0.2) is 6.61 Å². The lowest BCUT2D eigenvalue weighted by Crippen LogP contribution is -2.29. The van der Waals surface area contributed by atoms with Crippen LogP contribution in [0.5, 0.6) is 5.75 Å². The average molecular weight is 362 g/mol. The lowest BCUT2D eigenvalue weighted by molar-refractivity contribution is -0.118. The van der Waals surface area contributed by atoms with Crippen LogP contribution in [0.3, 0.4) is 0 Å². The predicted octanol–water partition coefficient (Wildman–Crippen LogP) is 2.80. The number of amides is 1. The minimum Gasteiger partial charge on any atom is -0.484 e. The third-order valence-corrected chi connectivity index (χ3v) is 4.79. The fraction of sp³-hybridized carbons (Fsp3) is 0.278. The number of ether oxygens (including phenoxy) is 1. The van der Waals surface area contributed by atoms with E-state index in [0.29, 0.717) is 23.7 Å². The van der Waals surface area contributed by atoms with Crippen molar-refractivity contribution < 1.29 is 17.9 Å². The summed E-state index contributed by atoms with van der Waals surface area (Å²) in [4.78, 5) is 11.9. The van der Waals surface area contributed by atoms with Gasteiger partial charge in [-0.25, -0.2) is 8.42 Å². The molecule has 2 aromatic rings. The Bertz CT molecular complexity index is 815. The number of benzene rings is 2. The molecular weight excluding hydrogens is 340 g/mol. The molecule has 0 heterocycles. The standard InChI is InChI=1S/C18H22N2O4S/c1-4-20(25(3,22)23)16-9-11-17(12-10-16)24-13-18(21)19-15-7-5-14(2)6-8-15/h5-12H,4,13H2,1-3H3,(H,19,21). The van der Waals surface area contributed by atoms with Crippen LogP contribution < -0.4 is 14.4 Å². The van der Waals surface area contributed by atoms with Crippen LogP contribution in [0.2, 0.25) is 0 Å². The molecule has 0 unspecified atom stereocenters. The van der Waals surface area contributed by atoms with Gasteiger partial charge in [0.25, 0.3) is 5.91 Å². The molecule has 7 heteroatoms. The molecule has 0 bridgehead atoms. The van der Waals surface area contributed by atoms with Crippen LogP contribution in [0.4, 0.5) is 11.4 Å². The van der Waals surface area contributed by atoms with Gasteiger partial charge in [-0.05, 0) is 50.2 Å². The molecule has 0 radical (unpaired) electrons. The second-order valence-corrected chi connectivity index (χ2v) is 7.53. The van der Waals surface area contributed by atoms with Crippen molar-refractivity contribution in [1.29, 1.82) is 0 Å². The first kappa shape index (κ1) is 18.8. The van der Waals surface area contributed by atoms with Crippen molar-refractivity contribution >= 4 is 27.3 Å². The molecule has 6 nitrogen and oxygen atoms in total. The fourth-order valence-electron chi connectivity index (χ4n) is 2.30. The van der Waals surface area contributed by atoms with Crippen molar-refractivity contribution in [2.45, 2.75) is 13.8 Å². The summed E-state index contributed by atoms with van der Waals surface area (Å²) in [5.74, 6) is 0.228. The Kier molecular flexibility index (Phi) is 6.03. The van der Waals surface area contributed by atoms with E-state index in [1.807, 2.05) is 31.2 Å². The molecule has 0 atom stereocenters. The van der Waals surface area contributed by atoms with E-state index in [1.54, 1.807) is 31.2 Å². The molecule has 0 aliphatic rings. The van der Waals surface area contributed by atoms with Gasteiger partial charge in [-0.2, -0.15) is 0 Å². The fourth-order valence-corrected chi connectivity index (χ4v) is 3.27. The Hall–Kier alpha value is -2.54. The highest BCUT2D eigenvalue weighted by Crippen LogP contribution is 2.21. The zero-order valence-electron chi connectivity index (χ0n) is 14.5. The molecule has 1 N–H and O–H groups in total. The lowest BCUT2D eigenvalue weighted by atomic mass is 10.2. The molecule has 0 aliphatic carbocycles. The normalized spacial score (nSPS) is 11.0. The van der Waals surface area contributed by atoms with E-state index in [9.17, 15) is 13.2 Å². The Morgan fingerprint density at radius 2 is 1.68 bits per heavy atom. The van der Waals surface area contributed by atoms with Crippen molar-refractivity contribution in [3.8, 4) is 5.75 Å². The first-order chi connectivity index (χ1) is 11.8. The first-order valence-corrected chi connectivity index (χ1v) is 9.71. The summed E-state index contributed by atoms with van der Waals surface area (Å²) >= 11 is 0. The molecule has 0 saturated carbocycles. The van der Waals surface area contributed by atoms with Crippen LogP contribution >= 0.6 is 0 Å². The molecule has 2 rings (SSSR count). The minimum atomic E-state index is -3.32. The van der Waals surface area contributed by atoms with E-state index in [1.165, 1.54) is 4.31 Å². The van der Waals surface area contributed by atoms with E-state index >= 15 is 0 Å². The second-order valence-electron chi connectivity index (χ2n) is 5.62. The topological polar surface area (TPSA) is 75.7 Å². The maximum absolute atomic E-state index is 11.9. The maximum atomic E-state index is 11.9. The SMILES string of the molecule is CCN(c1ccc(OCC(=O)Nc2ccc(C)cc2)cc1)S(C)(=O)=O. The Labute approximate surface area is 148 Å². The lowest BCUT2D eigenvalue weighted by Gasteiger charge is -2.20. The number of rotatable bonds is 7. The van der Waals surface area contributed by atoms with Crippen molar-refractivity contribution in [1.82, 2.24) is 0 Å². The van der Waals surface area contributed by atoms with Gasteiger partial charge in [0.1, 0.15) is 5.75 Å². The highest BCUT2D eigenvalue weighted by molar-refractivity contribution is 7.92. The van der Waals surface area contributed by atoms with Gasteiger partial charge < -0.3 is 10.1 Å². The number of sulfonamides is 1. The number of hydrogen-bond acceptors (Lipinski definition) is 4. The zero-order valence-corrected chi connectivity index (χ0v) is 15.3. The van der Waals surface area contributed by atoms with Crippen molar-refractivity contribution in [3.63, 3.8) is 0 Å². The van der Waals surface area contributed by atoms with Crippen LogP contribution in [0, 0.1) is 6.92 Å². The van der Waals surface area contributed by atoms with E-state index < -0.39 is 10.0 Å². The second kappa shape index (κ2) is 8.02. The number of aryl methyl sites for hydroxylation is 1. The van der Waals surface area contributed by atoms with Gasteiger partial charge in [-0.3, -0.25) is 9.10 Å². The molecular formula is C18H22N2O4S. The Morgan fingerprint density at radius 1 is 1.08 bits per heavy atom. The molecule has 0 aromatic heterocycles. The van der Waals surface area contributed by atoms with E-state index in [2.05, 4.69) is 5.32 Å². The third kappa shape index (κ3) is 5.49. The van der Waals surface area contributed by atoms with Gasteiger partial charge in [-0.1, -0.05) is 17.7 Å². The summed E-state index contributed by atoms with van der Waals surface area (Å²) in [6, 6.07) is 14.1. The van der Waals surface area contributed by atoms with E-state index in [0.717, 1.165) is 11.8 Å². The highest BCUT2D eigenvalue weighted by atomic mass is 32.2. The van der Waals surface area contributed by atoms with Gasteiger partial charge in [-0.15, -0.1) is 0 Å². The van der Waals surface area contributed by atoms with Crippen molar-refractivity contribution in [2.75, 3.05) is 29.0 Å². The number of nitrogens with zero attached hydrogens (tertiary/aromatic N) is 1. The summed E-state index contributed by atoms with van der Waals surface area (Å²) < 4.78 is 30.1. The summed E-state index contributed by atoms with van der Waals surface area (Å²) in [5.41, 5.74) is 2.38. The quantitative estimate of drug-likeness (QED) is 0.822. The molecule has 2 aromatic carbocycles. The monoisotopic (exact) mass is 362 g/mol. The predicted molar refractivity (Wildman–Crippen MR) is 99.6 cm³/mol. The molecule has 134 valence electrons. The maximum Gasteiger partial charge on any atom is 0.262 e. The molecule has 25 heavy (non-hydrogen) atoms. The Morgan fingerprint density at radius 3 is 2.20 bits per heavy atom. The van der Waals surface area contributed by atoms with Crippen molar-refractivity contribution in [3.05, 3.63) is 54.1 Å². The van der Waals surface area contributed by atoms with Gasteiger partial charge in [0.05, 0.1) is 11.9 Å². The van der Waals surface area contributed by atoms with E-state index in [4.69, 9.17) is 4.74 Å². The summed E-state index contributed by atoms with van der Waals surface area (Å²) in [6.07, 6.45) is 1.16. The summed E-state index contributed by atoms with van der Waals surface area (Å²) in [6.45, 7) is 3.96. The number of nitrogens with one attached hydrogen (secondary N) is 1. The van der Waals surface area contributed by atoms with Gasteiger partial charge >= 0.3 is 0 Å². The van der Waals surface area contributed by atoms with Gasteiger partial charge in [0, 0.05) is 12.2 Å². The largest absolute Gasteiger partial charge is 0.484 e. The zero-order chi connectivity index (χ0) is 18.4. The minimum absolute atomic E-state index is 0.128. The van der Waals surface area contributed by atoms with Crippen LogP contribution in [-0.4, -0.2) is 33.7 Å². The molecule has 0 aliphatic heterocycles. The van der Waals surface area contributed by atoms with Crippen LogP contribution in [0.15, 0.2) is 48.5 Å². The first-order valence-electron chi connectivity index (χ1n) is 7.86. The average Bonchev–Trinajstić information content (AvgIpc) is 2.56. The Balaban J connectivity index is 1.93. The number of hydrogen-bond donors (Lipinski definition) is 1. The molecule has 0 saturated heterocycles. The number of anilines is 2. The molecule has 1 amide bonds. The number of carbonyl (C=O) groups excluding carboxylic acids is 1.